The maximum Gasteiger partial charge on any atom is 0.0597 e. The molecule has 1 fully saturated rings. The summed E-state index contributed by atoms with van der Waals surface area (Å²) in [6.07, 6.45) is 5.76. The summed E-state index contributed by atoms with van der Waals surface area (Å²) < 4.78 is 1.99. The van der Waals surface area contributed by atoms with E-state index in [1.165, 1.54) is 31.4 Å². The van der Waals surface area contributed by atoms with Gasteiger partial charge in [0.1, 0.15) is 0 Å². The van der Waals surface area contributed by atoms with Gasteiger partial charge in [0.25, 0.3) is 0 Å². The van der Waals surface area contributed by atoms with Crippen molar-refractivity contribution in [2.75, 3.05) is 6.54 Å². The Balaban J connectivity index is 2.07. The molecule has 1 aliphatic rings. The molecule has 0 radical (unpaired) electrons. The number of aromatic nitrogens is 2. The third-order valence-corrected chi connectivity index (χ3v) is 4.08. The number of aryl methyl sites for hydroxylation is 2. The minimum Gasteiger partial charge on any atom is -0.393 e. The molecule has 1 aromatic rings. The molecule has 0 bridgehead atoms. The minimum absolute atomic E-state index is 0.209. The molecule has 2 rings (SSSR count). The molecule has 0 spiro atoms. The first-order valence-corrected chi connectivity index (χ1v) is 7.48. The summed E-state index contributed by atoms with van der Waals surface area (Å²) in [4.78, 5) is 2.54. The van der Waals surface area contributed by atoms with Crippen molar-refractivity contribution in [3.05, 3.63) is 17.5 Å². The van der Waals surface area contributed by atoms with Crippen LogP contribution in [0.1, 0.15) is 50.4 Å². The summed E-state index contributed by atoms with van der Waals surface area (Å²) in [7, 11) is 2.02. The van der Waals surface area contributed by atoms with Gasteiger partial charge >= 0.3 is 0 Å². The highest BCUT2D eigenvalue weighted by molar-refractivity contribution is 5.08. The largest absolute Gasteiger partial charge is 0.393 e. The van der Waals surface area contributed by atoms with Gasteiger partial charge in [-0.25, -0.2) is 0 Å². The van der Waals surface area contributed by atoms with Gasteiger partial charge in [0.2, 0.25) is 0 Å². The summed E-state index contributed by atoms with van der Waals surface area (Å²) in [6.45, 7) is 6.03. The Morgan fingerprint density at radius 1 is 1.42 bits per heavy atom. The first kappa shape index (κ1) is 14.5. The number of aliphatic hydroxyl groups excluding tert-OH is 1. The average Bonchev–Trinajstić information content (AvgIpc) is 2.51. The van der Waals surface area contributed by atoms with Crippen molar-refractivity contribution in [3.8, 4) is 0 Å². The van der Waals surface area contributed by atoms with Gasteiger partial charge in [-0.1, -0.05) is 12.8 Å². The van der Waals surface area contributed by atoms with Gasteiger partial charge in [-0.2, -0.15) is 5.10 Å². The van der Waals surface area contributed by atoms with Crippen LogP contribution in [0.15, 0.2) is 6.07 Å². The zero-order valence-electron chi connectivity index (χ0n) is 12.5. The highest BCUT2D eigenvalue weighted by Gasteiger charge is 2.23. The summed E-state index contributed by atoms with van der Waals surface area (Å²) in [6, 6.07) is 2.68. The summed E-state index contributed by atoms with van der Waals surface area (Å²) in [5.41, 5.74) is 2.36. The molecule has 2 unspecified atom stereocenters. The number of aliphatic hydroxyl groups is 1. The van der Waals surface area contributed by atoms with Gasteiger partial charge in [-0.3, -0.25) is 9.58 Å². The Morgan fingerprint density at radius 3 is 2.84 bits per heavy atom. The van der Waals surface area contributed by atoms with E-state index in [0.29, 0.717) is 6.04 Å². The van der Waals surface area contributed by atoms with Gasteiger partial charge in [-0.15, -0.1) is 0 Å². The van der Waals surface area contributed by atoms with E-state index in [0.717, 1.165) is 25.2 Å². The lowest BCUT2D eigenvalue weighted by Gasteiger charge is -2.30. The van der Waals surface area contributed by atoms with E-state index < -0.39 is 0 Å². The van der Waals surface area contributed by atoms with Crippen LogP contribution in [-0.4, -0.2) is 38.5 Å². The molecule has 19 heavy (non-hydrogen) atoms. The van der Waals surface area contributed by atoms with Gasteiger partial charge in [-0.05, 0) is 45.7 Å². The first-order chi connectivity index (χ1) is 9.06. The molecule has 108 valence electrons. The van der Waals surface area contributed by atoms with E-state index in [1.54, 1.807) is 0 Å². The number of hydrogen-bond donors (Lipinski definition) is 1. The van der Waals surface area contributed by atoms with Crippen LogP contribution < -0.4 is 0 Å². The first-order valence-electron chi connectivity index (χ1n) is 7.48. The van der Waals surface area contributed by atoms with Crippen molar-refractivity contribution in [2.45, 2.75) is 64.6 Å². The fraction of sp³-hybridized carbons (Fsp3) is 0.800. The van der Waals surface area contributed by atoms with E-state index in [-0.39, 0.29) is 6.10 Å². The smallest absolute Gasteiger partial charge is 0.0597 e. The molecule has 0 amide bonds. The lowest BCUT2D eigenvalue weighted by Crippen LogP contribution is -2.37. The molecule has 0 aromatic carbocycles. The van der Waals surface area contributed by atoms with Crippen molar-refractivity contribution in [1.82, 2.24) is 14.7 Å². The van der Waals surface area contributed by atoms with E-state index in [9.17, 15) is 5.11 Å². The fourth-order valence-corrected chi connectivity index (χ4v) is 3.13. The van der Waals surface area contributed by atoms with Gasteiger partial charge in [0.05, 0.1) is 17.5 Å². The van der Waals surface area contributed by atoms with Gasteiger partial charge in [0.15, 0.2) is 0 Å². The molecule has 1 aliphatic heterocycles. The Hall–Kier alpha value is -0.870. The minimum atomic E-state index is -0.209. The third kappa shape index (κ3) is 4.05. The monoisotopic (exact) mass is 265 g/mol. The summed E-state index contributed by atoms with van der Waals surface area (Å²) >= 11 is 0. The van der Waals surface area contributed by atoms with Crippen LogP contribution in [0.2, 0.25) is 0 Å². The third-order valence-electron chi connectivity index (χ3n) is 4.08. The molecule has 1 saturated heterocycles. The van der Waals surface area contributed by atoms with Crippen molar-refractivity contribution in [1.29, 1.82) is 0 Å². The van der Waals surface area contributed by atoms with Crippen molar-refractivity contribution < 1.29 is 5.11 Å². The van der Waals surface area contributed by atoms with Gasteiger partial charge < -0.3 is 5.11 Å². The van der Waals surface area contributed by atoms with E-state index in [4.69, 9.17) is 0 Å². The van der Waals surface area contributed by atoms with Gasteiger partial charge in [0, 0.05) is 19.6 Å². The quantitative estimate of drug-likeness (QED) is 0.908. The predicted octanol–water partition coefficient (Wildman–Crippen LogP) is 2.24. The zero-order chi connectivity index (χ0) is 13.8. The second kappa shape index (κ2) is 6.53. The van der Waals surface area contributed by atoms with E-state index >= 15 is 0 Å². The molecule has 0 saturated carbocycles. The Labute approximate surface area is 116 Å². The Bertz CT molecular complexity index is 400. The molecule has 2 atom stereocenters. The second-order valence-electron chi connectivity index (χ2n) is 5.96. The Kier molecular flexibility index (Phi) is 4.99. The maximum atomic E-state index is 9.69. The predicted molar refractivity (Wildman–Crippen MR) is 76.9 cm³/mol. The average molecular weight is 265 g/mol. The van der Waals surface area contributed by atoms with Crippen LogP contribution in [0.25, 0.3) is 0 Å². The van der Waals surface area contributed by atoms with Crippen LogP contribution in [0.4, 0.5) is 0 Å². The molecule has 4 heteroatoms. The van der Waals surface area contributed by atoms with Crippen LogP contribution in [-0.2, 0) is 13.6 Å². The summed E-state index contributed by atoms with van der Waals surface area (Å²) in [5.74, 6) is 0. The second-order valence-corrected chi connectivity index (χ2v) is 5.96. The van der Waals surface area contributed by atoms with Crippen molar-refractivity contribution >= 4 is 0 Å². The maximum absolute atomic E-state index is 9.69. The highest BCUT2D eigenvalue weighted by atomic mass is 16.3. The Morgan fingerprint density at radius 2 is 2.21 bits per heavy atom. The molecular weight excluding hydrogens is 238 g/mol. The number of likely N-dealkylation sites (tertiary alicyclic amines) is 1. The van der Waals surface area contributed by atoms with Crippen LogP contribution in [0.5, 0.6) is 0 Å². The summed E-state index contributed by atoms with van der Waals surface area (Å²) in [5, 5.41) is 14.1. The normalized spacial score (nSPS) is 23.3. The van der Waals surface area contributed by atoms with E-state index in [2.05, 4.69) is 16.1 Å². The SMILES string of the molecule is Cc1cc(CN2CCCCCC2CC(C)O)n(C)n1. The molecule has 4 nitrogen and oxygen atoms in total. The highest BCUT2D eigenvalue weighted by Crippen LogP contribution is 2.22. The van der Waals surface area contributed by atoms with Crippen LogP contribution in [0, 0.1) is 6.92 Å². The molecule has 2 heterocycles. The van der Waals surface area contributed by atoms with Crippen molar-refractivity contribution in [3.63, 3.8) is 0 Å². The zero-order valence-corrected chi connectivity index (χ0v) is 12.5. The fourth-order valence-electron chi connectivity index (χ4n) is 3.13. The van der Waals surface area contributed by atoms with Crippen molar-refractivity contribution in [2.24, 2.45) is 7.05 Å². The lowest BCUT2D eigenvalue weighted by molar-refractivity contribution is 0.106. The molecule has 1 N–H and O–H groups in total. The lowest BCUT2D eigenvalue weighted by atomic mass is 10.0. The van der Waals surface area contributed by atoms with Crippen LogP contribution >= 0.6 is 0 Å². The number of nitrogens with zero attached hydrogens (tertiary/aromatic N) is 3. The number of rotatable bonds is 4. The van der Waals surface area contributed by atoms with Crippen LogP contribution in [0.3, 0.4) is 0 Å². The topological polar surface area (TPSA) is 41.3 Å². The molecule has 1 aromatic heterocycles. The van der Waals surface area contributed by atoms with E-state index in [1.807, 2.05) is 25.6 Å². The molecular formula is C15H27N3O. The molecule has 0 aliphatic carbocycles. The number of hydrogen-bond acceptors (Lipinski definition) is 3. The standard InChI is InChI=1S/C15H27N3O/c1-12-9-15(17(3)16-12)11-18-8-6-4-5-7-14(18)10-13(2)19/h9,13-14,19H,4-8,10-11H2,1-3H3.